The number of hydrogen-bond acceptors (Lipinski definition) is 6. The van der Waals surface area contributed by atoms with Crippen molar-refractivity contribution >= 4 is 29.0 Å². The molecular formula is C21H20N2O6. The molecule has 0 bridgehead atoms. The van der Waals surface area contributed by atoms with E-state index in [9.17, 15) is 24.5 Å². The minimum absolute atomic E-state index is 0.0279. The van der Waals surface area contributed by atoms with Gasteiger partial charge in [-0.15, -0.1) is 0 Å². The summed E-state index contributed by atoms with van der Waals surface area (Å²) in [5, 5.41) is 10.7. The maximum Gasteiger partial charge on any atom is 0.311 e. The molecule has 2 aromatic carbocycles. The van der Waals surface area contributed by atoms with Crippen molar-refractivity contribution in [2.24, 2.45) is 5.92 Å². The number of carbonyl (C=O) groups is 3. The number of nitro groups is 1. The summed E-state index contributed by atoms with van der Waals surface area (Å²) in [4.78, 5) is 48.4. The molecule has 1 aliphatic rings. The van der Waals surface area contributed by atoms with Crippen molar-refractivity contribution in [1.82, 2.24) is 0 Å². The Kier molecular flexibility index (Phi) is 6.01. The van der Waals surface area contributed by atoms with E-state index in [1.54, 1.807) is 4.90 Å². The highest BCUT2D eigenvalue weighted by Gasteiger charge is 2.36. The summed E-state index contributed by atoms with van der Waals surface area (Å²) in [6.45, 7) is 1.77. The van der Waals surface area contributed by atoms with E-state index in [1.807, 2.05) is 31.2 Å². The van der Waals surface area contributed by atoms with Gasteiger partial charge in [0.25, 0.3) is 5.69 Å². The van der Waals surface area contributed by atoms with Crippen LogP contribution in [0.5, 0.6) is 0 Å². The summed E-state index contributed by atoms with van der Waals surface area (Å²) in [5.74, 6) is -1.89. The summed E-state index contributed by atoms with van der Waals surface area (Å²) < 4.78 is 5.09. The van der Waals surface area contributed by atoms with Crippen molar-refractivity contribution in [3.63, 3.8) is 0 Å². The molecule has 8 nitrogen and oxygen atoms in total. The molecule has 2 aromatic rings. The van der Waals surface area contributed by atoms with Crippen molar-refractivity contribution in [2.45, 2.75) is 19.8 Å². The first-order valence-corrected chi connectivity index (χ1v) is 9.22. The molecule has 0 radical (unpaired) electrons. The van der Waals surface area contributed by atoms with E-state index >= 15 is 0 Å². The summed E-state index contributed by atoms with van der Waals surface area (Å²) >= 11 is 0. The van der Waals surface area contributed by atoms with Crippen LogP contribution < -0.4 is 4.90 Å². The largest absolute Gasteiger partial charge is 0.457 e. The molecule has 0 N–H and O–H groups in total. The lowest BCUT2D eigenvalue weighted by molar-refractivity contribution is -0.384. The van der Waals surface area contributed by atoms with E-state index < -0.39 is 29.2 Å². The van der Waals surface area contributed by atoms with E-state index in [4.69, 9.17) is 4.74 Å². The van der Waals surface area contributed by atoms with Gasteiger partial charge in [0.1, 0.15) is 0 Å². The van der Waals surface area contributed by atoms with Crippen molar-refractivity contribution in [1.29, 1.82) is 0 Å². The fourth-order valence-corrected chi connectivity index (χ4v) is 3.13. The first-order chi connectivity index (χ1) is 13.9. The number of hydrogen-bond donors (Lipinski definition) is 0. The van der Waals surface area contributed by atoms with Gasteiger partial charge in [-0.25, -0.2) is 0 Å². The standard InChI is InChI=1S/C21H20N2O6/c1-2-14-3-7-17(8-4-14)22-12-16(11-20(22)25)21(26)29-13-19(24)15-5-9-18(10-6-15)23(27)28/h3-10,16H,2,11-13H2,1H3. The number of amides is 1. The van der Waals surface area contributed by atoms with Gasteiger partial charge in [-0.05, 0) is 36.2 Å². The number of aryl methyl sites for hydroxylation is 1. The van der Waals surface area contributed by atoms with Gasteiger partial charge in [0.2, 0.25) is 5.91 Å². The van der Waals surface area contributed by atoms with E-state index in [-0.39, 0.29) is 30.1 Å². The van der Waals surface area contributed by atoms with Crippen LogP contribution in [-0.4, -0.2) is 35.7 Å². The fourth-order valence-electron chi connectivity index (χ4n) is 3.13. The summed E-state index contributed by atoms with van der Waals surface area (Å²) in [7, 11) is 0. The second kappa shape index (κ2) is 8.64. The highest BCUT2D eigenvalue weighted by atomic mass is 16.6. The van der Waals surface area contributed by atoms with E-state index in [0.717, 1.165) is 17.7 Å². The normalized spacial score (nSPS) is 16.0. The summed E-state index contributed by atoms with van der Waals surface area (Å²) in [6, 6.07) is 12.6. The van der Waals surface area contributed by atoms with Crippen molar-refractivity contribution in [2.75, 3.05) is 18.1 Å². The average Bonchev–Trinajstić information content (AvgIpc) is 3.13. The molecule has 8 heteroatoms. The van der Waals surface area contributed by atoms with Crippen molar-refractivity contribution in [3.05, 3.63) is 69.8 Å². The predicted octanol–water partition coefficient (Wildman–Crippen LogP) is 2.94. The molecule has 3 rings (SSSR count). The topological polar surface area (TPSA) is 107 Å². The predicted molar refractivity (Wildman–Crippen MR) is 105 cm³/mol. The Bertz CT molecular complexity index is 937. The number of nitro benzene ring substituents is 1. The first-order valence-electron chi connectivity index (χ1n) is 9.22. The Morgan fingerprint density at radius 3 is 2.38 bits per heavy atom. The molecule has 29 heavy (non-hydrogen) atoms. The lowest BCUT2D eigenvalue weighted by atomic mass is 10.1. The molecule has 0 aromatic heterocycles. The molecule has 0 saturated carbocycles. The van der Waals surface area contributed by atoms with Gasteiger partial charge in [0.15, 0.2) is 12.4 Å². The summed E-state index contributed by atoms with van der Waals surface area (Å²) in [6.07, 6.45) is 0.923. The lowest BCUT2D eigenvalue weighted by Crippen LogP contribution is -2.27. The second-order valence-corrected chi connectivity index (χ2v) is 6.76. The van der Waals surface area contributed by atoms with Crippen LogP contribution in [0.4, 0.5) is 11.4 Å². The van der Waals surface area contributed by atoms with Crippen LogP contribution in [0.25, 0.3) is 0 Å². The van der Waals surface area contributed by atoms with Gasteiger partial charge >= 0.3 is 5.97 Å². The SMILES string of the molecule is CCc1ccc(N2CC(C(=O)OCC(=O)c3ccc([N+](=O)[O-])cc3)CC2=O)cc1. The highest BCUT2D eigenvalue weighted by Crippen LogP contribution is 2.26. The fraction of sp³-hybridized carbons (Fsp3) is 0.286. The molecule has 1 atom stereocenters. The monoisotopic (exact) mass is 396 g/mol. The minimum atomic E-state index is -0.641. The van der Waals surface area contributed by atoms with Gasteiger partial charge < -0.3 is 9.64 Å². The molecule has 0 spiro atoms. The third-order valence-electron chi connectivity index (χ3n) is 4.86. The maximum absolute atomic E-state index is 12.3. The Morgan fingerprint density at radius 2 is 1.79 bits per heavy atom. The molecule has 1 heterocycles. The lowest BCUT2D eigenvalue weighted by Gasteiger charge is -2.17. The van der Waals surface area contributed by atoms with Crippen LogP contribution in [0.3, 0.4) is 0 Å². The molecule has 1 unspecified atom stereocenters. The van der Waals surface area contributed by atoms with E-state index in [0.29, 0.717) is 0 Å². The van der Waals surface area contributed by atoms with Crippen molar-refractivity contribution < 1.29 is 24.0 Å². The zero-order valence-corrected chi connectivity index (χ0v) is 15.9. The van der Waals surface area contributed by atoms with Crippen LogP contribution in [0.1, 0.15) is 29.3 Å². The van der Waals surface area contributed by atoms with Gasteiger partial charge in [0, 0.05) is 36.3 Å². The van der Waals surface area contributed by atoms with E-state index in [1.165, 1.54) is 24.3 Å². The van der Waals surface area contributed by atoms with Crippen LogP contribution in [0.2, 0.25) is 0 Å². The quantitative estimate of drug-likeness (QED) is 0.308. The number of anilines is 1. The van der Waals surface area contributed by atoms with Gasteiger partial charge in [-0.1, -0.05) is 19.1 Å². The molecule has 1 aliphatic heterocycles. The average molecular weight is 396 g/mol. The summed E-state index contributed by atoms with van der Waals surface area (Å²) in [5.41, 5.74) is 1.96. The van der Waals surface area contributed by atoms with Crippen LogP contribution in [0, 0.1) is 16.0 Å². The highest BCUT2D eigenvalue weighted by molar-refractivity contribution is 6.01. The van der Waals surface area contributed by atoms with Gasteiger partial charge in [-0.2, -0.15) is 0 Å². The number of non-ortho nitro benzene ring substituents is 1. The van der Waals surface area contributed by atoms with Crippen LogP contribution in [0.15, 0.2) is 48.5 Å². The number of esters is 1. The molecular weight excluding hydrogens is 376 g/mol. The third-order valence-corrected chi connectivity index (χ3v) is 4.86. The Hall–Kier alpha value is -3.55. The number of benzene rings is 2. The third kappa shape index (κ3) is 4.66. The number of rotatable bonds is 7. The van der Waals surface area contributed by atoms with E-state index in [2.05, 4.69) is 0 Å². The number of carbonyl (C=O) groups excluding carboxylic acids is 3. The van der Waals surface area contributed by atoms with Gasteiger partial charge in [-0.3, -0.25) is 24.5 Å². The Balaban J connectivity index is 1.56. The number of ether oxygens (including phenoxy) is 1. The van der Waals surface area contributed by atoms with Crippen LogP contribution >= 0.6 is 0 Å². The molecule has 1 amide bonds. The zero-order chi connectivity index (χ0) is 21.0. The maximum atomic E-state index is 12.3. The Labute approximate surface area is 167 Å². The second-order valence-electron chi connectivity index (χ2n) is 6.76. The molecule has 1 saturated heterocycles. The Morgan fingerprint density at radius 1 is 1.14 bits per heavy atom. The van der Waals surface area contributed by atoms with Gasteiger partial charge in [0.05, 0.1) is 10.8 Å². The number of nitrogens with zero attached hydrogens (tertiary/aromatic N) is 2. The first kappa shape index (κ1) is 20.2. The minimum Gasteiger partial charge on any atom is -0.457 e. The van der Waals surface area contributed by atoms with Crippen LogP contribution in [-0.2, 0) is 20.7 Å². The van der Waals surface area contributed by atoms with Crippen molar-refractivity contribution in [3.8, 4) is 0 Å². The molecule has 150 valence electrons. The molecule has 0 aliphatic carbocycles. The zero-order valence-electron chi connectivity index (χ0n) is 15.9. The number of ketones is 1. The molecule has 1 fully saturated rings. The smallest absolute Gasteiger partial charge is 0.311 e. The number of Topliss-reactive ketones (excluding diaryl/α,β-unsaturated/α-hetero) is 1.